The van der Waals surface area contributed by atoms with Gasteiger partial charge in [0, 0.05) is 69.9 Å². The van der Waals surface area contributed by atoms with Gasteiger partial charge in [-0.2, -0.15) is 0 Å². The average molecular weight is 705 g/mol. The molecular weight excluding hydrogens is 657 g/mol. The molecule has 0 aliphatic carbocycles. The summed E-state index contributed by atoms with van der Waals surface area (Å²) < 4.78 is 12.1. The Labute approximate surface area is 297 Å². The van der Waals surface area contributed by atoms with Crippen molar-refractivity contribution >= 4 is 29.1 Å². The number of aliphatic hydroxyl groups is 1. The van der Waals surface area contributed by atoms with Gasteiger partial charge in [0.15, 0.2) is 0 Å². The number of rotatable bonds is 14. The summed E-state index contributed by atoms with van der Waals surface area (Å²) in [5.41, 5.74) is 5.98. The lowest BCUT2D eigenvalue weighted by Crippen LogP contribution is -2.55. The monoisotopic (exact) mass is 704 g/mol. The third kappa shape index (κ3) is 8.18. The van der Waals surface area contributed by atoms with Crippen molar-refractivity contribution < 1.29 is 29.0 Å². The fourth-order valence-electron chi connectivity index (χ4n) is 7.05. The summed E-state index contributed by atoms with van der Waals surface area (Å²) in [5.74, 6) is -0.453. The molecule has 2 fully saturated rings. The van der Waals surface area contributed by atoms with Crippen LogP contribution in [0.15, 0.2) is 48.0 Å². The van der Waals surface area contributed by atoms with E-state index in [1.165, 1.54) is 4.90 Å². The largest absolute Gasteiger partial charge is 0.491 e. The van der Waals surface area contributed by atoms with Crippen molar-refractivity contribution in [1.82, 2.24) is 30.3 Å². The van der Waals surface area contributed by atoms with E-state index >= 15 is 0 Å². The second-order valence-corrected chi connectivity index (χ2v) is 14.4. The van der Waals surface area contributed by atoms with Gasteiger partial charge in [0.1, 0.15) is 24.4 Å². The number of aromatic nitrogens is 1. The molecule has 1 aromatic heterocycles. The van der Waals surface area contributed by atoms with E-state index in [1.807, 2.05) is 62.7 Å². The van der Waals surface area contributed by atoms with Crippen LogP contribution in [0.1, 0.15) is 47.4 Å². The summed E-state index contributed by atoms with van der Waals surface area (Å²) in [6, 6.07) is 11.6. The Morgan fingerprint density at radius 3 is 2.66 bits per heavy atom. The fraction of sp³-hybridized carbons (Fsp3) is 0.514. The van der Waals surface area contributed by atoms with Crippen LogP contribution in [0.3, 0.4) is 0 Å². The first kappa shape index (κ1) is 35.9. The van der Waals surface area contributed by atoms with Crippen LogP contribution < -0.4 is 15.4 Å². The van der Waals surface area contributed by atoms with Gasteiger partial charge in [-0.15, -0.1) is 11.3 Å². The molecule has 268 valence electrons. The normalized spacial score (nSPS) is 20.0. The van der Waals surface area contributed by atoms with Gasteiger partial charge in [-0.3, -0.25) is 19.3 Å². The number of amides is 3. The number of hydrogen-bond donors (Lipinski definition) is 3. The number of nitrogens with zero attached hydrogens (tertiary/aromatic N) is 4. The van der Waals surface area contributed by atoms with Gasteiger partial charge >= 0.3 is 0 Å². The smallest absolute Gasteiger partial charge is 0.255 e. The number of aryl methyl sites for hydroxylation is 1. The molecular formula is C37H48N6O6S. The number of aliphatic hydroxyl groups excluding tert-OH is 1. The molecule has 3 aliphatic rings. The minimum absolute atomic E-state index is 0.0288. The van der Waals surface area contributed by atoms with Crippen molar-refractivity contribution in [3.05, 3.63) is 70.4 Å². The predicted octanol–water partition coefficient (Wildman–Crippen LogP) is 2.68. The standard InChI is InChI=1S/C37H48N6O6S/c1-24(2)33(43-21-28-6-4-5-7-30(28)36(43)46)37(47)42-22-29(44)19-31(42)35(45)39-20-27-9-8-26(34-25(3)40-23-50-34)18-32(27)49-17-16-48-15-14-41-12-10-38-11-13-41/h4-9,18,23-24,29,31,33,38,44H,10-17,19-22H2,1-3H3,(H,39,45)/t29-,31+,33+/m1/s1. The van der Waals surface area contributed by atoms with Crippen LogP contribution in [0, 0.1) is 12.8 Å². The van der Waals surface area contributed by atoms with E-state index in [0.29, 0.717) is 37.7 Å². The van der Waals surface area contributed by atoms with Gasteiger partial charge in [0.2, 0.25) is 11.8 Å². The Morgan fingerprint density at radius 2 is 1.92 bits per heavy atom. The van der Waals surface area contributed by atoms with Crippen LogP contribution >= 0.6 is 11.3 Å². The highest BCUT2D eigenvalue weighted by Gasteiger charge is 2.45. The minimum atomic E-state index is -0.869. The highest BCUT2D eigenvalue weighted by Crippen LogP contribution is 2.33. The number of thiazole rings is 1. The molecule has 13 heteroatoms. The van der Waals surface area contributed by atoms with Crippen LogP contribution in [-0.2, 0) is 27.4 Å². The van der Waals surface area contributed by atoms with Gasteiger partial charge in [-0.1, -0.05) is 44.2 Å². The van der Waals surface area contributed by atoms with Crippen molar-refractivity contribution in [2.24, 2.45) is 5.92 Å². The van der Waals surface area contributed by atoms with E-state index in [9.17, 15) is 19.5 Å². The van der Waals surface area contributed by atoms with Crippen LogP contribution in [0.4, 0.5) is 0 Å². The Hall–Kier alpha value is -3.88. The molecule has 3 aromatic rings. The molecule has 0 saturated carbocycles. The summed E-state index contributed by atoms with van der Waals surface area (Å²) in [4.78, 5) is 52.1. The maximum Gasteiger partial charge on any atom is 0.255 e. The van der Waals surface area contributed by atoms with E-state index in [0.717, 1.165) is 60.0 Å². The second-order valence-electron chi connectivity index (χ2n) is 13.5. The molecule has 0 spiro atoms. The van der Waals surface area contributed by atoms with Gasteiger partial charge in [-0.05, 0) is 36.1 Å². The summed E-state index contributed by atoms with van der Waals surface area (Å²) >= 11 is 1.56. The number of carbonyl (C=O) groups excluding carboxylic acids is 3. The molecule has 0 unspecified atom stereocenters. The number of piperazine rings is 1. The van der Waals surface area contributed by atoms with Crippen molar-refractivity contribution in [2.75, 3.05) is 59.1 Å². The molecule has 12 nitrogen and oxygen atoms in total. The Bertz CT molecular complexity index is 1660. The van der Waals surface area contributed by atoms with Gasteiger partial charge in [-0.25, -0.2) is 4.98 Å². The SMILES string of the molecule is Cc1ncsc1-c1ccc(CNC(=O)[C@@H]2C[C@@H](O)CN2C(=O)[C@H](C(C)C)N2Cc3ccccc3C2=O)c(OCCOCCN2CCNCC2)c1. The maximum absolute atomic E-state index is 14.1. The molecule has 50 heavy (non-hydrogen) atoms. The lowest BCUT2D eigenvalue weighted by Gasteiger charge is -2.35. The van der Waals surface area contributed by atoms with Crippen molar-refractivity contribution in [2.45, 2.75) is 58.5 Å². The molecule has 2 aromatic carbocycles. The number of nitrogens with one attached hydrogen (secondary N) is 2. The zero-order valence-electron chi connectivity index (χ0n) is 29.1. The molecule has 0 radical (unpaired) electrons. The van der Waals surface area contributed by atoms with E-state index in [4.69, 9.17) is 9.47 Å². The Balaban J connectivity index is 1.11. The van der Waals surface area contributed by atoms with Gasteiger partial charge in [0.25, 0.3) is 5.91 Å². The van der Waals surface area contributed by atoms with Gasteiger partial charge < -0.3 is 35.0 Å². The topological polar surface area (TPSA) is 137 Å². The van der Waals surface area contributed by atoms with E-state index in [-0.39, 0.29) is 43.1 Å². The van der Waals surface area contributed by atoms with Crippen LogP contribution in [0.5, 0.6) is 5.75 Å². The number of ether oxygens (including phenoxy) is 2. The number of likely N-dealkylation sites (tertiary alicyclic amines) is 1. The molecule has 0 bridgehead atoms. The molecule has 6 rings (SSSR count). The number of carbonyl (C=O) groups is 3. The van der Waals surface area contributed by atoms with E-state index in [2.05, 4.69) is 20.5 Å². The van der Waals surface area contributed by atoms with E-state index in [1.54, 1.807) is 22.3 Å². The summed E-state index contributed by atoms with van der Waals surface area (Å²) in [6.45, 7) is 12.6. The van der Waals surface area contributed by atoms with E-state index < -0.39 is 18.2 Å². The first-order valence-electron chi connectivity index (χ1n) is 17.5. The third-order valence-corrected chi connectivity index (χ3v) is 10.7. The van der Waals surface area contributed by atoms with Gasteiger partial charge in [0.05, 0.1) is 35.4 Å². The van der Waals surface area contributed by atoms with Crippen molar-refractivity contribution in [3.8, 4) is 16.2 Å². The maximum atomic E-state index is 14.1. The molecule has 3 aliphatic heterocycles. The number of β-amino-alcohol motifs (C(OH)–C–C–N with tert-alkyl or cyclic N) is 1. The molecule has 3 atom stereocenters. The quantitative estimate of drug-likeness (QED) is 0.217. The first-order valence-corrected chi connectivity index (χ1v) is 18.4. The van der Waals surface area contributed by atoms with Crippen molar-refractivity contribution in [3.63, 3.8) is 0 Å². The number of benzene rings is 2. The average Bonchev–Trinajstić information content (AvgIpc) is 3.82. The molecule has 3 N–H and O–H groups in total. The summed E-state index contributed by atoms with van der Waals surface area (Å²) in [5, 5.41) is 17.0. The summed E-state index contributed by atoms with van der Waals surface area (Å²) in [7, 11) is 0. The fourth-order valence-corrected chi connectivity index (χ4v) is 7.85. The Kier molecular flexibility index (Phi) is 11.8. The Morgan fingerprint density at radius 1 is 1.12 bits per heavy atom. The number of fused-ring (bicyclic) bond motifs is 1. The van der Waals surface area contributed by atoms with Crippen molar-refractivity contribution in [1.29, 1.82) is 0 Å². The lowest BCUT2D eigenvalue weighted by molar-refractivity contribution is -0.143. The van der Waals surface area contributed by atoms with Crippen LogP contribution in [0.25, 0.3) is 10.4 Å². The molecule has 2 saturated heterocycles. The van der Waals surface area contributed by atoms with Crippen LogP contribution in [-0.4, -0.2) is 120 Å². The summed E-state index contributed by atoms with van der Waals surface area (Å²) in [6.07, 6.45) is -0.726. The molecule has 3 amide bonds. The zero-order valence-corrected chi connectivity index (χ0v) is 29.9. The predicted molar refractivity (Wildman–Crippen MR) is 191 cm³/mol. The third-order valence-electron chi connectivity index (χ3n) is 9.71. The molecule has 4 heterocycles. The first-order chi connectivity index (χ1) is 24.2. The van der Waals surface area contributed by atoms with Crippen LogP contribution in [0.2, 0.25) is 0 Å². The zero-order chi connectivity index (χ0) is 35.2. The highest BCUT2D eigenvalue weighted by atomic mass is 32.1. The second kappa shape index (κ2) is 16.4. The lowest BCUT2D eigenvalue weighted by atomic mass is 10.0. The number of hydrogen-bond acceptors (Lipinski definition) is 10. The highest BCUT2D eigenvalue weighted by molar-refractivity contribution is 7.13. The minimum Gasteiger partial charge on any atom is -0.491 e.